The van der Waals surface area contributed by atoms with Gasteiger partial charge in [-0.15, -0.1) is 0 Å². The van der Waals surface area contributed by atoms with E-state index in [4.69, 9.17) is 21.1 Å². The average molecular weight is 436 g/mol. The van der Waals surface area contributed by atoms with Crippen LogP contribution in [0.1, 0.15) is 31.6 Å². The molecule has 3 atom stereocenters. The van der Waals surface area contributed by atoms with E-state index in [0.717, 1.165) is 12.8 Å². The van der Waals surface area contributed by atoms with E-state index >= 15 is 0 Å². The third-order valence-corrected chi connectivity index (χ3v) is 5.56. The van der Waals surface area contributed by atoms with Gasteiger partial charge in [0, 0.05) is 24.0 Å². The van der Waals surface area contributed by atoms with Crippen molar-refractivity contribution in [3.63, 3.8) is 0 Å². The molecular formula is C18H19ClFN7O3. The molecule has 1 aliphatic heterocycles. The summed E-state index contributed by atoms with van der Waals surface area (Å²) in [4.78, 5) is 16.2. The lowest BCUT2D eigenvalue weighted by molar-refractivity contribution is 0.0604. The maximum absolute atomic E-state index is 14.9. The molecule has 0 unspecified atom stereocenters. The quantitative estimate of drug-likeness (QED) is 0.563. The Kier molecular flexibility index (Phi) is 4.51. The summed E-state index contributed by atoms with van der Waals surface area (Å²) in [5.41, 5.74) is 0.770. The molecule has 1 amide bonds. The van der Waals surface area contributed by atoms with Gasteiger partial charge in [0.25, 0.3) is 0 Å². The molecule has 0 spiro atoms. The number of nitrogens with zero attached hydrogens (tertiary/aromatic N) is 4. The molecule has 12 heteroatoms. The molecule has 2 fully saturated rings. The number of hydrogen-bond acceptors (Lipinski definition) is 7. The first-order valence-corrected chi connectivity index (χ1v) is 9.84. The minimum Gasteiger partial charge on any atom is -0.441 e. The van der Waals surface area contributed by atoms with Crippen LogP contribution >= 0.6 is 11.6 Å². The summed E-state index contributed by atoms with van der Waals surface area (Å²) in [6, 6.07) is 1.61. The fourth-order valence-electron chi connectivity index (χ4n) is 3.33. The second-order valence-corrected chi connectivity index (χ2v) is 8.13. The molecule has 1 aliphatic carbocycles. The van der Waals surface area contributed by atoms with Crippen LogP contribution in [-0.2, 0) is 9.47 Å². The first-order chi connectivity index (χ1) is 14.4. The Morgan fingerprint density at radius 3 is 3.13 bits per heavy atom. The van der Waals surface area contributed by atoms with Crippen LogP contribution in [0, 0.1) is 0 Å². The first kappa shape index (κ1) is 19.1. The van der Waals surface area contributed by atoms with Crippen molar-refractivity contribution < 1.29 is 18.7 Å². The summed E-state index contributed by atoms with van der Waals surface area (Å²) >= 11 is 6.17. The molecule has 4 heterocycles. The monoisotopic (exact) mass is 435 g/mol. The summed E-state index contributed by atoms with van der Waals surface area (Å²) in [7, 11) is 0. The van der Waals surface area contributed by atoms with Gasteiger partial charge in [0.05, 0.1) is 23.5 Å². The van der Waals surface area contributed by atoms with E-state index in [9.17, 15) is 9.18 Å². The van der Waals surface area contributed by atoms with E-state index in [-0.39, 0.29) is 12.1 Å². The van der Waals surface area contributed by atoms with Gasteiger partial charge in [-0.25, -0.2) is 18.7 Å². The van der Waals surface area contributed by atoms with E-state index in [1.807, 2.05) is 6.92 Å². The molecule has 1 saturated carbocycles. The van der Waals surface area contributed by atoms with Gasteiger partial charge in [0.2, 0.25) is 0 Å². The Morgan fingerprint density at radius 1 is 1.50 bits per heavy atom. The largest absolute Gasteiger partial charge is 0.441 e. The number of alkyl carbamates (subject to hydrolysis) is 1. The third-order valence-electron chi connectivity index (χ3n) is 5.28. The number of anilines is 2. The fraction of sp³-hybridized carbons (Fsp3) is 0.444. The number of aromatic amines is 1. The Balaban J connectivity index is 1.26. The maximum atomic E-state index is 14.9. The van der Waals surface area contributed by atoms with Crippen molar-refractivity contribution >= 4 is 34.8 Å². The van der Waals surface area contributed by atoms with Gasteiger partial charge in [-0.3, -0.25) is 5.10 Å². The normalized spacial score (nSPS) is 24.7. The zero-order chi connectivity index (χ0) is 20.9. The highest BCUT2D eigenvalue weighted by molar-refractivity contribution is 6.34. The van der Waals surface area contributed by atoms with Gasteiger partial charge < -0.3 is 20.1 Å². The van der Waals surface area contributed by atoms with Crippen LogP contribution in [0.4, 0.5) is 20.8 Å². The predicted molar refractivity (Wildman–Crippen MR) is 105 cm³/mol. The van der Waals surface area contributed by atoms with E-state index in [0.29, 0.717) is 27.9 Å². The number of aromatic nitrogens is 5. The molecule has 0 aromatic carbocycles. The number of fused-ring (bicyclic) bond motifs is 1. The molecule has 5 rings (SSSR count). The summed E-state index contributed by atoms with van der Waals surface area (Å²) < 4.78 is 27.2. The highest BCUT2D eigenvalue weighted by atomic mass is 35.5. The lowest BCUT2D eigenvalue weighted by Crippen LogP contribution is -2.39. The number of halogens is 2. The molecule has 1 saturated heterocycles. The van der Waals surface area contributed by atoms with Crippen LogP contribution in [-0.4, -0.2) is 55.3 Å². The molecule has 3 aromatic rings. The number of amides is 1. The van der Waals surface area contributed by atoms with Gasteiger partial charge in [-0.05, 0) is 19.8 Å². The number of hydrogen-bond donors (Lipinski definition) is 3. The van der Waals surface area contributed by atoms with Crippen molar-refractivity contribution in [1.82, 2.24) is 30.1 Å². The molecule has 30 heavy (non-hydrogen) atoms. The van der Waals surface area contributed by atoms with Crippen LogP contribution in [0.25, 0.3) is 5.52 Å². The standard InChI is InChI=1S/C18H19ClFN7O3/c1-18(2-3-18)24-17(28)30-11-8-29-15(13(11)20)10-6-12(26-25-10)23-16-14-9(19)7-22-27(14)5-4-21-16/h4-7,11,13,15H,2-3,8H2,1H3,(H,24,28)(H2,21,23,25,26)/t11-,13+,15-/m0/s1. The summed E-state index contributed by atoms with van der Waals surface area (Å²) in [6.07, 6.45) is 2.46. The molecule has 158 valence electrons. The third kappa shape index (κ3) is 3.54. The predicted octanol–water partition coefficient (Wildman–Crippen LogP) is 2.91. The highest BCUT2D eigenvalue weighted by Gasteiger charge is 2.44. The second kappa shape index (κ2) is 7.10. The topological polar surface area (TPSA) is 118 Å². The molecule has 3 aromatic heterocycles. The van der Waals surface area contributed by atoms with Crippen LogP contribution in [0.15, 0.2) is 24.7 Å². The molecule has 2 aliphatic rings. The number of ether oxygens (including phenoxy) is 2. The van der Waals surface area contributed by atoms with Gasteiger partial charge in [-0.2, -0.15) is 10.2 Å². The second-order valence-electron chi connectivity index (χ2n) is 7.72. The van der Waals surface area contributed by atoms with Crippen molar-refractivity contribution in [1.29, 1.82) is 0 Å². The van der Waals surface area contributed by atoms with Crippen molar-refractivity contribution in [2.75, 3.05) is 11.9 Å². The molecule has 0 radical (unpaired) electrons. The van der Waals surface area contributed by atoms with Gasteiger partial charge >= 0.3 is 6.09 Å². The smallest absolute Gasteiger partial charge is 0.408 e. The van der Waals surface area contributed by atoms with Gasteiger partial charge in [-0.1, -0.05) is 11.6 Å². The van der Waals surface area contributed by atoms with E-state index < -0.39 is 24.5 Å². The van der Waals surface area contributed by atoms with Crippen molar-refractivity contribution in [3.8, 4) is 0 Å². The summed E-state index contributed by atoms with van der Waals surface area (Å²) in [5, 5.41) is 17.2. The molecule has 10 nitrogen and oxygen atoms in total. The molecule has 3 N–H and O–H groups in total. The number of carbonyl (C=O) groups is 1. The van der Waals surface area contributed by atoms with Crippen LogP contribution in [0.5, 0.6) is 0 Å². The Morgan fingerprint density at radius 2 is 2.33 bits per heavy atom. The molecular weight excluding hydrogens is 417 g/mol. The Labute approximate surface area is 175 Å². The van der Waals surface area contributed by atoms with Crippen LogP contribution in [0.2, 0.25) is 5.02 Å². The van der Waals surface area contributed by atoms with Crippen molar-refractivity contribution in [2.45, 2.75) is 43.7 Å². The molecule has 0 bridgehead atoms. The zero-order valence-corrected chi connectivity index (χ0v) is 16.7. The minimum absolute atomic E-state index is 0.0377. The lowest BCUT2D eigenvalue weighted by Gasteiger charge is -2.17. The van der Waals surface area contributed by atoms with Gasteiger partial charge in [0.1, 0.15) is 11.6 Å². The first-order valence-electron chi connectivity index (χ1n) is 9.46. The lowest BCUT2D eigenvalue weighted by atomic mass is 10.1. The minimum atomic E-state index is -1.53. The summed E-state index contributed by atoms with van der Waals surface area (Å²) in [5.74, 6) is 0.857. The van der Waals surface area contributed by atoms with Crippen LogP contribution < -0.4 is 10.6 Å². The number of carbonyl (C=O) groups excluding carboxylic acids is 1. The number of rotatable bonds is 5. The van der Waals surface area contributed by atoms with Gasteiger partial charge in [0.15, 0.2) is 23.9 Å². The van der Waals surface area contributed by atoms with E-state index in [1.165, 1.54) is 6.20 Å². The van der Waals surface area contributed by atoms with Crippen molar-refractivity contribution in [3.05, 3.63) is 35.4 Å². The fourth-order valence-corrected chi connectivity index (χ4v) is 3.55. The summed E-state index contributed by atoms with van der Waals surface area (Å²) in [6.45, 7) is 1.88. The highest BCUT2D eigenvalue weighted by Crippen LogP contribution is 2.36. The van der Waals surface area contributed by atoms with Crippen molar-refractivity contribution in [2.24, 2.45) is 0 Å². The average Bonchev–Trinajstić information content (AvgIpc) is 3.03. The Hall–Kier alpha value is -2.92. The number of nitrogens with one attached hydrogen (secondary N) is 3. The maximum Gasteiger partial charge on any atom is 0.408 e. The number of alkyl halides is 1. The van der Waals surface area contributed by atoms with E-state index in [2.05, 4.69) is 30.9 Å². The SMILES string of the molecule is CC1(NC(=O)O[C@H]2CO[C@@H](c3cc(Nc4nccn5ncc(Cl)c45)n[nH]3)[C@@H]2F)CC1. The van der Waals surface area contributed by atoms with Crippen LogP contribution in [0.3, 0.4) is 0 Å². The van der Waals surface area contributed by atoms with E-state index in [1.54, 1.807) is 23.0 Å². The Bertz CT molecular complexity index is 1100. The number of H-pyrrole nitrogens is 1. The zero-order valence-electron chi connectivity index (χ0n) is 15.9.